The first kappa shape index (κ1) is 11.1. The Bertz CT molecular complexity index is 492. The summed E-state index contributed by atoms with van der Waals surface area (Å²) in [5, 5.41) is 8.65. The van der Waals surface area contributed by atoms with E-state index in [0.29, 0.717) is 18.0 Å². The van der Waals surface area contributed by atoms with E-state index in [4.69, 9.17) is 17.3 Å². The van der Waals surface area contributed by atoms with Gasteiger partial charge in [0.2, 0.25) is 0 Å². The maximum absolute atomic E-state index is 5.98. The Labute approximate surface area is 99.1 Å². The van der Waals surface area contributed by atoms with Crippen LogP contribution in [0.5, 0.6) is 0 Å². The minimum absolute atomic E-state index is 0.554. The Morgan fingerprint density at radius 3 is 3.00 bits per heavy atom. The summed E-state index contributed by atoms with van der Waals surface area (Å²) in [7, 11) is 0. The van der Waals surface area contributed by atoms with Crippen LogP contribution in [-0.2, 0) is 6.42 Å². The van der Waals surface area contributed by atoms with Gasteiger partial charge in [-0.3, -0.25) is 4.57 Å². The number of rotatable bonds is 3. The first-order valence-corrected chi connectivity index (χ1v) is 5.45. The Morgan fingerprint density at radius 1 is 1.44 bits per heavy atom. The fraction of sp³-hybridized carbons (Fsp3) is 0.273. The van der Waals surface area contributed by atoms with Crippen molar-refractivity contribution < 1.29 is 0 Å². The number of aromatic nitrogens is 3. The Balaban J connectivity index is 2.49. The first-order valence-electron chi connectivity index (χ1n) is 5.08. The molecule has 0 unspecified atom stereocenters. The maximum Gasteiger partial charge on any atom is 0.138 e. The predicted molar refractivity (Wildman–Crippen MR) is 63.9 cm³/mol. The van der Waals surface area contributed by atoms with Crippen LogP contribution in [0, 0.1) is 6.92 Å². The summed E-state index contributed by atoms with van der Waals surface area (Å²) in [5.74, 6) is 0.855. The van der Waals surface area contributed by atoms with Gasteiger partial charge >= 0.3 is 0 Å². The molecule has 2 rings (SSSR count). The highest BCUT2D eigenvalue weighted by molar-refractivity contribution is 6.30. The number of benzene rings is 1. The van der Waals surface area contributed by atoms with E-state index in [2.05, 4.69) is 10.2 Å². The zero-order valence-electron chi connectivity index (χ0n) is 9.02. The number of aryl methyl sites for hydroxylation is 1. The molecule has 0 saturated carbocycles. The average Bonchev–Trinajstić information content (AvgIpc) is 2.70. The number of nitrogens with zero attached hydrogens (tertiary/aromatic N) is 3. The van der Waals surface area contributed by atoms with Crippen LogP contribution in [0.25, 0.3) is 5.69 Å². The van der Waals surface area contributed by atoms with Crippen LogP contribution in [0.15, 0.2) is 24.5 Å². The second-order valence-electron chi connectivity index (χ2n) is 3.59. The number of nitrogens with two attached hydrogens (primary N) is 1. The van der Waals surface area contributed by atoms with Gasteiger partial charge < -0.3 is 5.73 Å². The van der Waals surface area contributed by atoms with Crippen molar-refractivity contribution in [2.45, 2.75) is 13.3 Å². The standard InChI is InChI=1S/C11H13ClN4/c1-8-2-3-9(12)6-10(8)16-7-14-15-11(16)4-5-13/h2-3,6-7H,4-5,13H2,1H3. The molecule has 5 heteroatoms. The normalized spacial score (nSPS) is 10.7. The molecule has 1 aromatic heterocycles. The van der Waals surface area contributed by atoms with Crippen LogP contribution < -0.4 is 5.73 Å². The van der Waals surface area contributed by atoms with Gasteiger partial charge in [-0.15, -0.1) is 10.2 Å². The van der Waals surface area contributed by atoms with Gasteiger partial charge in [-0.1, -0.05) is 17.7 Å². The fourth-order valence-electron chi connectivity index (χ4n) is 1.60. The summed E-state index contributed by atoms with van der Waals surface area (Å²) in [6.45, 7) is 2.58. The van der Waals surface area contributed by atoms with Crippen molar-refractivity contribution in [2.75, 3.05) is 6.54 Å². The number of halogens is 1. The third-order valence-corrected chi connectivity index (χ3v) is 2.65. The lowest BCUT2D eigenvalue weighted by molar-refractivity contribution is 0.828. The highest BCUT2D eigenvalue weighted by atomic mass is 35.5. The average molecular weight is 237 g/mol. The van der Waals surface area contributed by atoms with Crippen LogP contribution in [0.4, 0.5) is 0 Å². The lowest BCUT2D eigenvalue weighted by Gasteiger charge is -2.09. The third kappa shape index (κ3) is 2.08. The van der Waals surface area contributed by atoms with Crippen LogP contribution in [0.2, 0.25) is 5.02 Å². The maximum atomic E-state index is 5.98. The van der Waals surface area contributed by atoms with Crippen molar-refractivity contribution >= 4 is 11.6 Å². The highest BCUT2D eigenvalue weighted by Crippen LogP contribution is 2.20. The molecule has 0 aliphatic heterocycles. The summed E-state index contributed by atoms with van der Waals surface area (Å²) in [4.78, 5) is 0. The van der Waals surface area contributed by atoms with Crippen molar-refractivity contribution in [2.24, 2.45) is 5.73 Å². The molecule has 0 saturated heterocycles. The molecule has 0 aliphatic carbocycles. The minimum Gasteiger partial charge on any atom is -0.330 e. The number of hydrogen-bond donors (Lipinski definition) is 1. The largest absolute Gasteiger partial charge is 0.330 e. The smallest absolute Gasteiger partial charge is 0.138 e. The van der Waals surface area contributed by atoms with Crippen LogP contribution in [0.1, 0.15) is 11.4 Å². The zero-order valence-corrected chi connectivity index (χ0v) is 9.78. The minimum atomic E-state index is 0.554. The van der Waals surface area contributed by atoms with E-state index in [9.17, 15) is 0 Å². The second kappa shape index (κ2) is 4.63. The summed E-state index contributed by atoms with van der Waals surface area (Å²) < 4.78 is 1.92. The molecule has 0 radical (unpaired) electrons. The summed E-state index contributed by atoms with van der Waals surface area (Å²) >= 11 is 5.98. The number of hydrogen-bond acceptors (Lipinski definition) is 3. The molecule has 2 N–H and O–H groups in total. The van der Waals surface area contributed by atoms with E-state index < -0.39 is 0 Å². The molecule has 84 valence electrons. The highest BCUT2D eigenvalue weighted by Gasteiger charge is 2.08. The lowest BCUT2D eigenvalue weighted by atomic mass is 10.2. The molecule has 0 aliphatic rings. The third-order valence-electron chi connectivity index (χ3n) is 2.42. The van der Waals surface area contributed by atoms with Crippen molar-refractivity contribution in [3.63, 3.8) is 0 Å². The van der Waals surface area contributed by atoms with Gasteiger partial charge in [-0.25, -0.2) is 0 Å². The molecule has 0 fully saturated rings. The van der Waals surface area contributed by atoms with Gasteiger partial charge in [-0.05, 0) is 31.2 Å². The molecule has 1 heterocycles. The molecule has 2 aromatic rings. The van der Waals surface area contributed by atoms with E-state index in [1.807, 2.05) is 29.7 Å². The van der Waals surface area contributed by atoms with Crippen LogP contribution >= 0.6 is 11.6 Å². The molecular weight excluding hydrogens is 224 g/mol. The van der Waals surface area contributed by atoms with Crippen molar-refractivity contribution in [3.8, 4) is 5.69 Å². The summed E-state index contributed by atoms with van der Waals surface area (Å²) in [6, 6.07) is 5.75. The molecule has 4 nitrogen and oxygen atoms in total. The van der Waals surface area contributed by atoms with Gasteiger partial charge in [0, 0.05) is 11.4 Å². The van der Waals surface area contributed by atoms with Crippen molar-refractivity contribution in [1.29, 1.82) is 0 Å². The summed E-state index contributed by atoms with van der Waals surface area (Å²) in [6.07, 6.45) is 2.38. The van der Waals surface area contributed by atoms with Gasteiger partial charge in [0.25, 0.3) is 0 Å². The van der Waals surface area contributed by atoms with Crippen LogP contribution in [0.3, 0.4) is 0 Å². The Hall–Kier alpha value is -1.39. The van der Waals surface area contributed by atoms with E-state index >= 15 is 0 Å². The van der Waals surface area contributed by atoms with Crippen molar-refractivity contribution in [1.82, 2.24) is 14.8 Å². The SMILES string of the molecule is Cc1ccc(Cl)cc1-n1cnnc1CCN. The monoisotopic (exact) mass is 236 g/mol. The van der Waals surface area contributed by atoms with E-state index in [1.54, 1.807) is 6.33 Å². The molecule has 0 spiro atoms. The zero-order chi connectivity index (χ0) is 11.5. The van der Waals surface area contributed by atoms with Crippen molar-refractivity contribution in [3.05, 3.63) is 40.9 Å². The Kier molecular flexibility index (Phi) is 3.22. The molecule has 0 amide bonds. The van der Waals surface area contributed by atoms with E-state index in [0.717, 1.165) is 17.1 Å². The topological polar surface area (TPSA) is 56.7 Å². The van der Waals surface area contributed by atoms with E-state index in [-0.39, 0.29) is 0 Å². The fourth-order valence-corrected chi connectivity index (χ4v) is 1.77. The molecular formula is C11H13ClN4. The van der Waals surface area contributed by atoms with Gasteiger partial charge in [0.05, 0.1) is 5.69 Å². The molecule has 1 aromatic carbocycles. The quantitative estimate of drug-likeness (QED) is 0.883. The molecule has 16 heavy (non-hydrogen) atoms. The van der Waals surface area contributed by atoms with Gasteiger partial charge in [-0.2, -0.15) is 0 Å². The van der Waals surface area contributed by atoms with Gasteiger partial charge in [0.1, 0.15) is 12.2 Å². The predicted octanol–water partition coefficient (Wildman–Crippen LogP) is 1.73. The lowest BCUT2D eigenvalue weighted by Crippen LogP contribution is -2.09. The molecule has 0 bridgehead atoms. The Morgan fingerprint density at radius 2 is 2.25 bits per heavy atom. The molecule has 0 atom stereocenters. The summed E-state index contributed by atoms with van der Waals surface area (Å²) in [5.41, 5.74) is 7.66. The van der Waals surface area contributed by atoms with Crippen LogP contribution in [-0.4, -0.2) is 21.3 Å². The van der Waals surface area contributed by atoms with E-state index in [1.165, 1.54) is 0 Å². The first-order chi connectivity index (χ1) is 7.72. The second-order valence-corrected chi connectivity index (χ2v) is 4.02. The van der Waals surface area contributed by atoms with Gasteiger partial charge in [0.15, 0.2) is 0 Å².